The van der Waals surface area contributed by atoms with E-state index in [1.54, 1.807) is 4.90 Å². The zero-order chi connectivity index (χ0) is 20.0. The number of anilines is 1. The van der Waals surface area contributed by atoms with Crippen LogP contribution in [0.15, 0.2) is 24.3 Å². The summed E-state index contributed by atoms with van der Waals surface area (Å²) in [5.74, 6) is -0.180. The molecule has 7 heteroatoms. The number of halogens is 1. The minimum absolute atomic E-state index is 0.118. The van der Waals surface area contributed by atoms with Gasteiger partial charge in [-0.3, -0.25) is 4.79 Å². The molecule has 150 valence electrons. The van der Waals surface area contributed by atoms with Gasteiger partial charge >= 0.3 is 6.09 Å². The summed E-state index contributed by atoms with van der Waals surface area (Å²) in [4.78, 5) is 25.9. The molecule has 2 N–H and O–H groups in total. The van der Waals surface area contributed by atoms with Crippen molar-refractivity contribution in [3.63, 3.8) is 0 Å². The van der Waals surface area contributed by atoms with Crippen LogP contribution in [-0.4, -0.2) is 48.2 Å². The summed E-state index contributed by atoms with van der Waals surface area (Å²) in [7, 11) is 0. The molecule has 1 aromatic rings. The van der Waals surface area contributed by atoms with Crippen molar-refractivity contribution in [1.29, 1.82) is 0 Å². The molecule has 1 aliphatic heterocycles. The highest BCUT2D eigenvalue weighted by molar-refractivity contribution is 5.90. The van der Waals surface area contributed by atoms with Crippen LogP contribution >= 0.6 is 0 Å². The molecule has 1 aliphatic rings. The highest BCUT2D eigenvalue weighted by Gasteiger charge is 2.30. The van der Waals surface area contributed by atoms with Gasteiger partial charge in [0.15, 0.2) is 0 Å². The third-order valence-electron chi connectivity index (χ3n) is 4.44. The quantitative estimate of drug-likeness (QED) is 0.823. The maximum Gasteiger partial charge on any atom is 0.410 e. The van der Waals surface area contributed by atoms with Crippen molar-refractivity contribution in [2.24, 2.45) is 5.92 Å². The SMILES string of the molecule is C[C@@H]1CN(C(=O)OC(C)(C)C)CC[C@H]1NCCC(=O)Nc1ccc(F)cc1. The van der Waals surface area contributed by atoms with E-state index in [0.717, 1.165) is 6.42 Å². The third kappa shape index (κ3) is 7.17. The van der Waals surface area contributed by atoms with E-state index >= 15 is 0 Å². The average molecular weight is 379 g/mol. The molecular formula is C20H30FN3O3. The van der Waals surface area contributed by atoms with Crippen molar-refractivity contribution in [1.82, 2.24) is 10.2 Å². The number of carbonyl (C=O) groups excluding carboxylic acids is 2. The van der Waals surface area contributed by atoms with Crippen LogP contribution in [-0.2, 0) is 9.53 Å². The van der Waals surface area contributed by atoms with Crippen molar-refractivity contribution >= 4 is 17.7 Å². The second kappa shape index (κ2) is 9.17. The minimum Gasteiger partial charge on any atom is -0.444 e. The van der Waals surface area contributed by atoms with Gasteiger partial charge in [-0.25, -0.2) is 9.18 Å². The molecule has 1 fully saturated rings. The van der Waals surface area contributed by atoms with Crippen LogP contribution in [0.2, 0.25) is 0 Å². The molecule has 1 aromatic carbocycles. The summed E-state index contributed by atoms with van der Waals surface area (Å²) in [6.07, 6.45) is 0.877. The number of hydrogen-bond acceptors (Lipinski definition) is 4. The first-order chi connectivity index (χ1) is 12.6. The Morgan fingerprint density at radius 1 is 1.26 bits per heavy atom. The van der Waals surface area contributed by atoms with Gasteiger partial charge in [-0.1, -0.05) is 6.92 Å². The van der Waals surface area contributed by atoms with Gasteiger partial charge < -0.3 is 20.3 Å². The fourth-order valence-corrected chi connectivity index (χ4v) is 3.07. The fraction of sp³-hybridized carbons (Fsp3) is 0.600. The molecule has 0 saturated carbocycles. The largest absolute Gasteiger partial charge is 0.444 e. The summed E-state index contributed by atoms with van der Waals surface area (Å²) in [6, 6.07) is 5.95. The van der Waals surface area contributed by atoms with E-state index < -0.39 is 5.60 Å². The van der Waals surface area contributed by atoms with E-state index in [4.69, 9.17) is 4.74 Å². The zero-order valence-electron chi connectivity index (χ0n) is 16.5. The molecular weight excluding hydrogens is 349 g/mol. The average Bonchev–Trinajstić information content (AvgIpc) is 2.57. The first-order valence-electron chi connectivity index (χ1n) is 9.41. The summed E-state index contributed by atoms with van der Waals surface area (Å²) in [5.41, 5.74) is 0.0910. The second-order valence-corrected chi connectivity index (χ2v) is 8.06. The van der Waals surface area contributed by atoms with Crippen LogP contribution in [0.5, 0.6) is 0 Å². The first kappa shape index (κ1) is 21.2. The molecule has 1 heterocycles. The Morgan fingerprint density at radius 2 is 1.93 bits per heavy atom. The Bertz CT molecular complexity index is 643. The lowest BCUT2D eigenvalue weighted by molar-refractivity contribution is -0.116. The maximum atomic E-state index is 12.9. The van der Waals surface area contributed by atoms with Gasteiger partial charge in [0.25, 0.3) is 0 Å². The van der Waals surface area contributed by atoms with Crippen molar-refractivity contribution in [3.8, 4) is 0 Å². The molecule has 2 amide bonds. The third-order valence-corrected chi connectivity index (χ3v) is 4.44. The minimum atomic E-state index is -0.493. The number of amides is 2. The zero-order valence-corrected chi connectivity index (χ0v) is 16.5. The van der Waals surface area contributed by atoms with Gasteiger partial charge in [-0.15, -0.1) is 0 Å². The number of ether oxygens (including phenoxy) is 1. The monoisotopic (exact) mass is 379 g/mol. The predicted molar refractivity (Wildman–Crippen MR) is 103 cm³/mol. The number of rotatable bonds is 5. The fourth-order valence-electron chi connectivity index (χ4n) is 3.07. The molecule has 27 heavy (non-hydrogen) atoms. The van der Waals surface area contributed by atoms with E-state index in [1.807, 2.05) is 20.8 Å². The van der Waals surface area contributed by atoms with Gasteiger partial charge in [-0.05, 0) is 57.4 Å². The van der Waals surface area contributed by atoms with E-state index in [0.29, 0.717) is 31.7 Å². The lowest BCUT2D eigenvalue weighted by atomic mass is 9.94. The number of nitrogens with one attached hydrogen (secondary N) is 2. The summed E-state index contributed by atoms with van der Waals surface area (Å²) in [5, 5.41) is 6.15. The molecule has 1 saturated heterocycles. The molecule has 0 spiro atoms. The summed E-state index contributed by atoms with van der Waals surface area (Å²) < 4.78 is 18.3. The first-order valence-corrected chi connectivity index (χ1v) is 9.41. The lowest BCUT2D eigenvalue weighted by Crippen LogP contribution is -2.51. The van der Waals surface area contributed by atoms with Crippen LogP contribution < -0.4 is 10.6 Å². The summed E-state index contributed by atoms with van der Waals surface area (Å²) in [6.45, 7) is 9.49. The van der Waals surface area contributed by atoms with Crippen molar-refractivity contribution in [2.45, 2.75) is 52.2 Å². The standard InChI is InChI=1S/C20H30FN3O3/c1-14-13-24(19(26)27-20(2,3)4)12-10-17(14)22-11-9-18(25)23-16-7-5-15(21)6-8-16/h5-8,14,17,22H,9-13H2,1-4H3,(H,23,25)/t14-,17-/m1/s1. The van der Waals surface area contributed by atoms with Crippen LogP contribution in [0.3, 0.4) is 0 Å². The molecule has 0 unspecified atom stereocenters. The summed E-state index contributed by atoms with van der Waals surface area (Å²) >= 11 is 0. The Kier molecular flexibility index (Phi) is 7.18. The van der Waals surface area contributed by atoms with Crippen LogP contribution in [0.1, 0.15) is 40.5 Å². The van der Waals surface area contributed by atoms with Crippen molar-refractivity contribution in [3.05, 3.63) is 30.1 Å². The van der Waals surface area contributed by atoms with Gasteiger partial charge in [-0.2, -0.15) is 0 Å². The number of benzene rings is 1. The van der Waals surface area contributed by atoms with Crippen LogP contribution in [0, 0.1) is 11.7 Å². The van der Waals surface area contributed by atoms with Gasteiger partial charge in [0.2, 0.25) is 5.91 Å². The Morgan fingerprint density at radius 3 is 2.52 bits per heavy atom. The molecule has 0 aromatic heterocycles. The van der Waals surface area contributed by atoms with Crippen molar-refractivity contribution < 1.29 is 18.7 Å². The van der Waals surface area contributed by atoms with E-state index in [9.17, 15) is 14.0 Å². The van der Waals surface area contributed by atoms with E-state index in [1.165, 1.54) is 24.3 Å². The van der Waals surface area contributed by atoms with E-state index in [-0.39, 0.29) is 29.8 Å². The number of nitrogens with zero attached hydrogens (tertiary/aromatic N) is 1. The maximum absolute atomic E-state index is 12.9. The number of piperidine rings is 1. The topological polar surface area (TPSA) is 70.7 Å². The molecule has 0 radical (unpaired) electrons. The highest BCUT2D eigenvalue weighted by atomic mass is 19.1. The Hall–Kier alpha value is -2.15. The lowest BCUT2D eigenvalue weighted by Gasteiger charge is -2.38. The molecule has 2 atom stereocenters. The molecule has 0 aliphatic carbocycles. The van der Waals surface area contributed by atoms with Crippen molar-refractivity contribution in [2.75, 3.05) is 25.0 Å². The van der Waals surface area contributed by atoms with E-state index in [2.05, 4.69) is 17.6 Å². The smallest absolute Gasteiger partial charge is 0.410 e. The second-order valence-electron chi connectivity index (χ2n) is 8.06. The predicted octanol–water partition coefficient (Wildman–Crippen LogP) is 3.39. The van der Waals surface area contributed by atoms with Crippen LogP contribution in [0.4, 0.5) is 14.9 Å². The molecule has 2 rings (SSSR count). The Labute approximate surface area is 160 Å². The molecule has 6 nitrogen and oxygen atoms in total. The van der Waals surface area contributed by atoms with Gasteiger partial charge in [0.05, 0.1) is 0 Å². The highest BCUT2D eigenvalue weighted by Crippen LogP contribution is 2.19. The molecule has 0 bridgehead atoms. The van der Waals surface area contributed by atoms with Crippen LogP contribution in [0.25, 0.3) is 0 Å². The van der Waals surface area contributed by atoms with Gasteiger partial charge in [0, 0.05) is 37.8 Å². The number of hydrogen-bond donors (Lipinski definition) is 2. The normalized spacial score (nSPS) is 20.3. The Balaban J connectivity index is 1.70. The number of likely N-dealkylation sites (tertiary alicyclic amines) is 1. The number of carbonyl (C=O) groups is 2. The van der Waals surface area contributed by atoms with Gasteiger partial charge in [0.1, 0.15) is 11.4 Å².